The van der Waals surface area contributed by atoms with Crippen LogP contribution >= 0.6 is 0 Å². The number of nitrogens with zero attached hydrogens (tertiary/aromatic N) is 3. The number of carbonyl (C=O) groups is 2. The van der Waals surface area contributed by atoms with Crippen molar-refractivity contribution in [3.8, 4) is 11.5 Å². The highest BCUT2D eigenvalue weighted by atomic mass is 16.6. The van der Waals surface area contributed by atoms with Crippen LogP contribution < -0.4 is 9.47 Å². The number of nitrogens with one attached hydrogen (secondary N) is 1. The molecule has 0 bridgehead atoms. The van der Waals surface area contributed by atoms with Crippen molar-refractivity contribution in [1.82, 2.24) is 14.8 Å². The first-order chi connectivity index (χ1) is 13.5. The topological polar surface area (TPSA) is 118 Å². The summed E-state index contributed by atoms with van der Waals surface area (Å²) < 4.78 is 11.3. The Morgan fingerprint density at radius 3 is 2.46 bits per heavy atom. The highest BCUT2D eigenvalue weighted by molar-refractivity contribution is 5.93. The van der Waals surface area contributed by atoms with Gasteiger partial charge in [0.15, 0.2) is 11.5 Å². The summed E-state index contributed by atoms with van der Waals surface area (Å²) in [5, 5.41) is 10.8. The van der Waals surface area contributed by atoms with Gasteiger partial charge in [0.25, 0.3) is 17.5 Å². The number of aromatic amines is 1. The molecule has 1 saturated heterocycles. The molecule has 2 aliphatic rings. The average molecular weight is 386 g/mol. The molecule has 1 N–H and O–H groups in total. The number of hydrogen-bond donors (Lipinski definition) is 1. The third kappa shape index (κ3) is 3.36. The summed E-state index contributed by atoms with van der Waals surface area (Å²) >= 11 is 0. The van der Waals surface area contributed by atoms with Crippen molar-refractivity contribution >= 4 is 17.5 Å². The predicted octanol–water partition coefficient (Wildman–Crippen LogP) is 1.05. The van der Waals surface area contributed by atoms with E-state index in [4.69, 9.17) is 9.47 Å². The molecule has 2 amide bonds. The first kappa shape index (κ1) is 17.8. The van der Waals surface area contributed by atoms with E-state index in [2.05, 4.69) is 4.98 Å². The number of ether oxygens (including phenoxy) is 2. The minimum Gasteiger partial charge on any atom is -0.485 e. The molecule has 1 fully saturated rings. The monoisotopic (exact) mass is 386 g/mol. The fourth-order valence-electron chi connectivity index (χ4n) is 3.26. The molecule has 1 aromatic carbocycles. The lowest BCUT2D eigenvalue weighted by Gasteiger charge is -2.37. The molecule has 10 nitrogen and oxygen atoms in total. The Bertz CT molecular complexity index is 918. The van der Waals surface area contributed by atoms with Crippen molar-refractivity contribution in [1.29, 1.82) is 0 Å². The van der Waals surface area contributed by atoms with E-state index in [1.54, 1.807) is 21.9 Å². The second-order valence-corrected chi connectivity index (χ2v) is 6.51. The summed E-state index contributed by atoms with van der Waals surface area (Å²) in [4.78, 5) is 41.2. The van der Waals surface area contributed by atoms with Gasteiger partial charge in [0.1, 0.15) is 12.3 Å². The van der Waals surface area contributed by atoms with Gasteiger partial charge in [-0.25, -0.2) is 0 Å². The van der Waals surface area contributed by atoms with E-state index in [0.717, 1.165) is 0 Å². The molecule has 10 heteroatoms. The lowest BCUT2D eigenvalue weighted by atomic mass is 10.2. The molecule has 146 valence electrons. The fourth-order valence-corrected chi connectivity index (χ4v) is 3.26. The van der Waals surface area contributed by atoms with Crippen LogP contribution in [0.2, 0.25) is 0 Å². The summed E-state index contributed by atoms with van der Waals surface area (Å²) in [6.45, 7) is 1.52. The maximum atomic E-state index is 12.7. The molecule has 0 aliphatic carbocycles. The molecular formula is C18H18N4O6. The molecule has 28 heavy (non-hydrogen) atoms. The van der Waals surface area contributed by atoms with Gasteiger partial charge in [-0.3, -0.25) is 19.7 Å². The van der Waals surface area contributed by atoms with Crippen LogP contribution in [0.4, 0.5) is 5.69 Å². The van der Waals surface area contributed by atoms with E-state index in [1.165, 1.54) is 12.3 Å². The van der Waals surface area contributed by atoms with Crippen molar-refractivity contribution < 1.29 is 24.0 Å². The molecule has 1 atom stereocenters. The minimum atomic E-state index is -0.719. The van der Waals surface area contributed by atoms with Gasteiger partial charge in [-0.05, 0) is 12.1 Å². The Kier molecular flexibility index (Phi) is 4.60. The number of nitro groups is 1. The van der Waals surface area contributed by atoms with Crippen LogP contribution in [0.1, 0.15) is 10.5 Å². The molecule has 1 aromatic heterocycles. The fraction of sp³-hybridized carbons (Fsp3) is 0.333. The van der Waals surface area contributed by atoms with E-state index in [9.17, 15) is 19.7 Å². The van der Waals surface area contributed by atoms with Gasteiger partial charge in [-0.2, -0.15) is 0 Å². The van der Waals surface area contributed by atoms with Crippen LogP contribution in [0.3, 0.4) is 0 Å². The highest BCUT2D eigenvalue weighted by Gasteiger charge is 2.33. The number of fused-ring (bicyclic) bond motifs is 1. The quantitative estimate of drug-likeness (QED) is 0.622. The molecule has 2 aromatic rings. The number of para-hydroxylation sites is 2. The van der Waals surface area contributed by atoms with Crippen molar-refractivity contribution in [2.24, 2.45) is 0 Å². The Morgan fingerprint density at radius 2 is 1.79 bits per heavy atom. The van der Waals surface area contributed by atoms with Crippen molar-refractivity contribution in [3.63, 3.8) is 0 Å². The van der Waals surface area contributed by atoms with Crippen LogP contribution in [0.15, 0.2) is 36.5 Å². The number of rotatable bonds is 3. The maximum Gasteiger partial charge on any atom is 0.287 e. The molecular weight excluding hydrogens is 368 g/mol. The molecule has 0 unspecified atom stereocenters. The zero-order valence-corrected chi connectivity index (χ0v) is 14.9. The van der Waals surface area contributed by atoms with Gasteiger partial charge in [-0.1, -0.05) is 12.1 Å². The Morgan fingerprint density at radius 1 is 1.11 bits per heavy atom. The Hall–Kier alpha value is -3.56. The van der Waals surface area contributed by atoms with E-state index in [-0.39, 0.29) is 29.8 Å². The summed E-state index contributed by atoms with van der Waals surface area (Å²) in [5.41, 5.74) is -0.000936. The number of hydrogen-bond acceptors (Lipinski definition) is 6. The van der Waals surface area contributed by atoms with E-state index < -0.39 is 11.0 Å². The van der Waals surface area contributed by atoms with Crippen LogP contribution in [0.5, 0.6) is 11.5 Å². The molecule has 2 aliphatic heterocycles. The zero-order valence-electron chi connectivity index (χ0n) is 14.9. The molecule has 3 heterocycles. The van der Waals surface area contributed by atoms with E-state index >= 15 is 0 Å². The Balaban J connectivity index is 1.34. The van der Waals surface area contributed by atoms with Gasteiger partial charge in [0, 0.05) is 32.2 Å². The third-order valence-corrected chi connectivity index (χ3v) is 4.77. The standard InChI is InChI=1S/C18H18N4O6/c23-17(13-9-12(10-19-13)22(25)26)20-5-7-21(8-6-20)18(24)16-11-27-14-3-1-2-4-15(14)28-16/h1-4,9-10,16,19H,5-8,11H2/t16-/m0/s1. The van der Waals surface area contributed by atoms with Crippen molar-refractivity contribution in [2.45, 2.75) is 6.10 Å². The number of carbonyl (C=O) groups excluding carboxylic acids is 2. The maximum absolute atomic E-state index is 12.7. The number of piperazine rings is 1. The number of aromatic nitrogens is 1. The van der Waals surface area contributed by atoms with E-state index in [0.29, 0.717) is 37.7 Å². The Labute approximate surface area is 159 Å². The van der Waals surface area contributed by atoms with Gasteiger partial charge in [0.2, 0.25) is 6.10 Å². The zero-order chi connectivity index (χ0) is 19.7. The van der Waals surface area contributed by atoms with Crippen LogP contribution in [-0.4, -0.2) is 70.4 Å². The minimum absolute atomic E-state index is 0.140. The number of amides is 2. The largest absolute Gasteiger partial charge is 0.485 e. The lowest BCUT2D eigenvalue weighted by Crippen LogP contribution is -2.55. The first-order valence-electron chi connectivity index (χ1n) is 8.82. The van der Waals surface area contributed by atoms with Gasteiger partial charge in [0.05, 0.1) is 11.1 Å². The van der Waals surface area contributed by atoms with Crippen molar-refractivity contribution in [3.05, 3.63) is 52.3 Å². The molecule has 0 radical (unpaired) electrons. The summed E-state index contributed by atoms with van der Waals surface area (Å²) in [6.07, 6.45) is 0.467. The third-order valence-electron chi connectivity index (χ3n) is 4.77. The van der Waals surface area contributed by atoms with Crippen LogP contribution in [0.25, 0.3) is 0 Å². The molecule has 4 rings (SSSR count). The second kappa shape index (κ2) is 7.22. The second-order valence-electron chi connectivity index (χ2n) is 6.51. The molecule has 0 saturated carbocycles. The van der Waals surface area contributed by atoms with Crippen LogP contribution in [0, 0.1) is 10.1 Å². The molecule has 0 spiro atoms. The highest BCUT2D eigenvalue weighted by Crippen LogP contribution is 2.31. The number of benzene rings is 1. The number of H-pyrrole nitrogens is 1. The van der Waals surface area contributed by atoms with E-state index in [1.807, 2.05) is 12.1 Å². The summed E-state index contributed by atoms with van der Waals surface area (Å²) in [7, 11) is 0. The van der Waals surface area contributed by atoms with Gasteiger partial charge >= 0.3 is 0 Å². The summed E-state index contributed by atoms with van der Waals surface area (Å²) in [5.74, 6) is 0.639. The van der Waals surface area contributed by atoms with Crippen molar-refractivity contribution in [2.75, 3.05) is 32.8 Å². The van der Waals surface area contributed by atoms with Crippen LogP contribution in [-0.2, 0) is 4.79 Å². The van der Waals surface area contributed by atoms with Gasteiger partial charge in [-0.15, -0.1) is 0 Å². The lowest BCUT2D eigenvalue weighted by molar-refractivity contribution is -0.384. The SMILES string of the molecule is O=C(c1cc([N+](=O)[O-])c[nH]1)N1CCN(C(=O)[C@@H]2COc3ccccc3O2)CC1. The smallest absolute Gasteiger partial charge is 0.287 e. The van der Waals surface area contributed by atoms with Gasteiger partial charge < -0.3 is 24.3 Å². The average Bonchev–Trinajstić information content (AvgIpc) is 3.23. The first-order valence-corrected chi connectivity index (χ1v) is 8.82. The normalized spacial score (nSPS) is 18.6. The summed E-state index contributed by atoms with van der Waals surface area (Å²) in [6, 6.07) is 8.39. The predicted molar refractivity (Wildman–Crippen MR) is 96.3 cm³/mol.